The van der Waals surface area contributed by atoms with Gasteiger partial charge in [0.25, 0.3) is 0 Å². The molecule has 0 atom stereocenters. The van der Waals surface area contributed by atoms with Gasteiger partial charge in [0.2, 0.25) is 6.79 Å². The number of benzene rings is 1. The normalized spacial score (nSPS) is 16.0. The zero-order chi connectivity index (χ0) is 15.9. The van der Waals surface area contributed by atoms with Crippen LogP contribution in [0, 0.1) is 0 Å². The average Bonchev–Trinajstić information content (AvgIpc) is 2.96. The first-order valence-electron chi connectivity index (χ1n) is 8.57. The van der Waals surface area contributed by atoms with E-state index < -0.39 is 0 Å². The van der Waals surface area contributed by atoms with E-state index in [1.807, 2.05) is 18.3 Å². The molecule has 120 valence electrons. The number of pyridine rings is 2. The van der Waals surface area contributed by atoms with Gasteiger partial charge < -0.3 is 9.47 Å². The molecule has 0 spiro atoms. The molecule has 2 aliphatic rings. The minimum atomic E-state index is 0.298. The van der Waals surface area contributed by atoms with Crippen LogP contribution in [0.15, 0.2) is 36.5 Å². The van der Waals surface area contributed by atoms with Crippen molar-refractivity contribution in [2.24, 2.45) is 0 Å². The third-order valence-electron chi connectivity index (χ3n) is 4.93. The first-order chi connectivity index (χ1) is 11.9. The highest BCUT2D eigenvalue weighted by Gasteiger charge is 2.21. The van der Waals surface area contributed by atoms with Crippen molar-refractivity contribution in [3.63, 3.8) is 0 Å². The van der Waals surface area contributed by atoms with E-state index in [9.17, 15) is 0 Å². The summed E-state index contributed by atoms with van der Waals surface area (Å²) in [5.74, 6) is 1.63. The van der Waals surface area contributed by atoms with Gasteiger partial charge in [0, 0.05) is 17.5 Å². The van der Waals surface area contributed by atoms with Crippen molar-refractivity contribution in [2.75, 3.05) is 6.79 Å². The fourth-order valence-electron chi connectivity index (χ4n) is 3.79. The van der Waals surface area contributed by atoms with Crippen LogP contribution in [-0.4, -0.2) is 16.8 Å². The lowest BCUT2D eigenvalue weighted by Crippen LogP contribution is -2.01. The number of nitrogens with zero attached hydrogens (tertiary/aromatic N) is 2. The zero-order valence-electron chi connectivity index (χ0n) is 13.4. The van der Waals surface area contributed by atoms with Gasteiger partial charge in [0.15, 0.2) is 11.5 Å². The minimum absolute atomic E-state index is 0.298. The van der Waals surface area contributed by atoms with Gasteiger partial charge in [-0.05, 0) is 61.1 Å². The zero-order valence-corrected chi connectivity index (χ0v) is 13.4. The van der Waals surface area contributed by atoms with Gasteiger partial charge in [-0.1, -0.05) is 12.5 Å². The van der Waals surface area contributed by atoms with Crippen LogP contribution in [0.25, 0.3) is 22.2 Å². The molecule has 4 heteroatoms. The van der Waals surface area contributed by atoms with E-state index >= 15 is 0 Å². The third-order valence-corrected chi connectivity index (χ3v) is 4.93. The van der Waals surface area contributed by atoms with Crippen LogP contribution < -0.4 is 9.47 Å². The number of hydrogen-bond acceptors (Lipinski definition) is 4. The van der Waals surface area contributed by atoms with Gasteiger partial charge in [-0.15, -0.1) is 0 Å². The summed E-state index contributed by atoms with van der Waals surface area (Å²) in [7, 11) is 0. The van der Waals surface area contributed by atoms with Crippen LogP contribution >= 0.6 is 0 Å². The molecule has 2 aromatic heterocycles. The van der Waals surface area contributed by atoms with Crippen molar-refractivity contribution in [1.82, 2.24) is 9.97 Å². The summed E-state index contributed by atoms with van der Waals surface area (Å²) in [6.45, 7) is 0.298. The standard InChI is InChI=1S/C20H18N2O2/c1-2-5-14-15(6-3-1)22-16-7-4-10-21-20(16)19(14)13-8-9-17-18(11-13)24-12-23-17/h4,7-11H,1-3,5-6,12H2. The van der Waals surface area contributed by atoms with E-state index in [4.69, 9.17) is 14.5 Å². The molecule has 0 unspecified atom stereocenters. The van der Waals surface area contributed by atoms with Gasteiger partial charge in [-0.25, -0.2) is 0 Å². The molecule has 0 amide bonds. The lowest BCUT2D eigenvalue weighted by Gasteiger charge is -2.15. The molecule has 4 nitrogen and oxygen atoms in total. The van der Waals surface area contributed by atoms with E-state index in [0.29, 0.717) is 6.79 Å². The van der Waals surface area contributed by atoms with Crippen molar-refractivity contribution in [1.29, 1.82) is 0 Å². The van der Waals surface area contributed by atoms with Gasteiger partial charge in [0.1, 0.15) is 0 Å². The van der Waals surface area contributed by atoms with Crippen molar-refractivity contribution >= 4 is 11.0 Å². The maximum atomic E-state index is 5.58. The maximum Gasteiger partial charge on any atom is 0.231 e. The lowest BCUT2D eigenvalue weighted by molar-refractivity contribution is 0.174. The molecule has 0 N–H and O–H groups in total. The van der Waals surface area contributed by atoms with Crippen LogP contribution in [0.5, 0.6) is 11.5 Å². The largest absolute Gasteiger partial charge is 0.454 e. The Balaban J connectivity index is 1.81. The van der Waals surface area contributed by atoms with Crippen LogP contribution in [0.3, 0.4) is 0 Å². The molecule has 0 saturated heterocycles. The monoisotopic (exact) mass is 318 g/mol. The second kappa shape index (κ2) is 5.48. The Morgan fingerprint density at radius 1 is 0.917 bits per heavy atom. The lowest BCUT2D eigenvalue weighted by atomic mass is 9.94. The molecule has 3 aromatic rings. The molecule has 0 bridgehead atoms. The Bertz CT molecular complexity index is 936. The second-order valence-corrected chi connectivity index (χ2v) is 6.41. The fourth-order valence-corrected chi connectivity index (χ4v) is 3.79. The topological polar surface area (TPSA) is 44.2 Å². The van der Waals surface area contributed by atoms with Gasteiger partial charge in [-0.3, -0.25) is 9.97 Å². The minimum Gasteiger partial charge on any atom is -0.454 e. The summed E-state index contributed by atoms with van der Waals surface area (Å²) in [4.78, 5) is 9.57. The van der Waals surface area contributed by atoms with E-state index in [1.54, 1.807) is 0 Å². The van der Waals surface area contributed by atoms with Crippen LogP contribution in [0.1, 0.15) is 30.5 Å². The maximum absolute atomic E-state index is 5.58. The highest BCUT2D eigenvalue weighted by Crippen LogP contribution is 2.40. The SMILES string of the molecule is c1cnc2c(-c3ccc4c(c3)OCO4)c3c(nc2c1)CCCCC3. The second-order valence-electron chi connectivity index (χ2n) is 6.41. The quantitative estimate of drug-likeness (QED) is 0.628. The molecule has 1 aromatic carbocycles. The Kier molecular flexibility index (Phi) is 3.15. The third kappa shape index (κ3) is 2.13. The average molecular weight is 318 g/mol. The molecule has 0 saturated carbocycles. The number of aromatic nitrogens is 2. The Hall–Kier alpha value is -2.62. The highest BCUT2D eigenvalue weighted by atomic mass is 16.7. The highest BCUT2D eigenvalue weighted by molar-refractivity contribution is 5.94. The summed E-state index contributed by atoms with van der Waals surface area (Å²) >= 11 is 0. The predicted octanol–water partition coefficient (Wildman–Crippen LogP) is 4.29. The molecule has 1 aliphatic carbocycles. The van der Waals surface area contributed by atoms with Crippen molar-refractivity contribution in [2.45, 2.75) is 32.1 Å². The first kappa shape index (κ1) is 13.8. The number of ether oxygens (including phenoxy) is 2. The number of hydrogen-bond donors (Lipinski definition) is 0. The summed E-state index contributed by atoms with van der Waals surface area (Å²) in [6, 6.07) is 10.2. The van der Waals surface area contributed by atoms with E-state index in [2.05, 4.69) is 23.2 Å². The van der Waals surface area contributed by atoms with E-state index in [-0.39, 0.29) is 0 Å². The molecule has 0 fully saturated rings. The van der Waals surface area contributed by atoms with Gasteiger partial charge >= 0.3 is 0 Å². The Labute approximate surface area is 140 Å². The fraction of sp³-hybridized carbons (Fsp3) is 0.300. The van der Waals surface area contributed by atoms with Crippen LogP contribution in [0.2, 0.25) is 0 Å². The Morgan fingerprint density at radius 3 is 2.83 bits per heavy atom. The summed E-state index contributed by atoms with van der Waals surface area (Å²) in [6.07, 6.45) is 7.66. The molecular formula is C20H18N2O2. The van der Waals surface area contributed by atoms with Crippen molar-refractivity contribution < 1.29 is 9.47 Å². The van der Waals surface area contributed by atoms with Crippen molar-refractivity contribution in [3.05, 3.63) is 47.8 Å². The van der Waals surface area contributed by atoms with E-state index in [1.165, 1.54) is 36.1 Å². The van der Waals surface area contributed by atoms with Crippen LogP contribution in [0.4, 0.5) is 0 Å². The summed E-state index contributed by atoms with van der Waals surface area (Å²) in [5.41, 5.74) is 6.92. The molecular weight excluding hydrogens is 300 g/mol. The molecule has 0 radical (unpaired) electrons. The number of fused-ring (bicyclic) bond motifs is 3. The van der Waals surface area contributed by atoms with Crippen LogP contribution in [-0.2, 0) is 12.8 Å². The van der Waals surface area contributed by atoms with Crippen molar-refractivity contribution in [3.8, 4) is 22.6 Å². The molecule has 3 heterocycles. The summed E-state index contributed by atoms with van der Waals surface area (Å²) < 4.78 is 11.0. The summed E-state index contributed by atoms with van der Waals surface area (Å²) in [5, 5.41) is 0. The smallest absolute Gasteiger partial charge is 0.231 e. The molecule has 24 heavy (non-hydrogen) atoms. The van der Waals surface area contributed by atoms with Gasteiger partial charge in [-0.2, -0.15) is 0 Å². The molecule has 5 rings (SSSR count). The van der Waals surface area contributed by atoms with E-state index in [0.717, 1.165) is 40.9 Å². The first-order valence-corrected chi connectivity index (χ1v) is 8.57. The Morgan fingerprint density at radius 2 is 1.83 bits per heavy atom. The predicted molar refractivity (Wildman–Crippen MR) is 92.4 cm³/mol. The number of aryl methyl sites for hydroxylation is 1. The number of rotatable bonds is 1. The van der Waals surface area contributed by atoms with Gasteiger partial charge in [0.05, 0.1) is 11.0 Å². The molecule has 1 aliphatic heterocycles.